The highest BCUT2D eigenvalue weighted by molar-refractivity contribution is 7.00. The molecule has 2 aromatic heterocycles. The van der Waals surface area contributed by atoms with Crippen molar-refractivity contribution < 1.29 is 13.2 Å². The van der Waals surface area contributed by atoms with Crippen LogP contribution in [0.1, 0.15) is 26.3 Å². The van der Waals surface area contributed by atoms with Gasteiger partial charge in [0.2, 0.25) is 0 Å². The van der Waals surface area contributed by atoms with E-state index >= 15 is 0 Å². The highest BCUT2D eigenvalue weighted by Crippen LogP contribution is 2.48. The SMILES string of the molecule is CC(C)(C)c1ccc2c(c1)c1cc3c(cc1n2-c1ccccc1)N(c1ccc(F)cc1)c1cccc2c1B3c1oc3ccccc3c1N2c1ccc(F)cc1. The number of furan rings is 1. The van der Waals surface area contributed by atoms with Crippen molar-refractivity contribution in [1.29, 1.82) is 0 Å². The molecule has 7 aromatic carbocycles. The molecule has 0 N–H and O–H groups in total. The van der Waals surface area contributed by atoms with Gasteiger partial charge in [-0.25, -0.2) is 8.78 Å². The van der Waals surface area contributed by atoms with Crippen molar-refractivity contribution in [2.75, 3.05) is 9.80 Å². The number of anilines is 6. The van der Waals surface area contributed by atoms with Gasteiger partial charge in [0.1, 0.15) is 17.2 Å². The fourth-order valence-electron chi connectivity index (χ4n) is 8.93. The maximum atomic E-state index is 14.6. The Labute approximate surface area is 317 Å². The summed E-state index contributed by atoms with van der Waals surface area (Å²) in [6.07, 6.45) is 0. The third kappa shape index (κ3) is 4.62. The zero-order valence-electron chi connectivity index (χ0n) is 30.5. The third-order valence-corrected chi connectivity index (χ3v) is 11.4. The van der Waals surface area contributed by atoms with Gasteiger partial charge in [0.15, 0.2) is 0 Å². The van der Waals surface area contributed by atoms with E-state index in [1.165, 1.54) is 35.2 Å². The summed E-state index contributed by atoms with van der Waals surface area (Å²) in [7, 11) is 0. The van der Waals surface area contributed by atoms with Gasteiger partial charge in [-0.1, -0.05) is 69.3 Å². The Bertz CT molecular complexity index is 3000. The number of halogens is 2. The molecule has 0 unspecified atom stereocenters. The van der Waals surface area contributed by atoms with Crippen LogP contribution < -0.4 is 26.4 Å². The predicted octanol–water partition coefficient (Wildman–Crippen LogP) is 11.2. The highest BCUT2D eigenvalue weighted by Gasteiger charge is 2.47. The van der Waals surface area contributed by atoms with E-state index in [1.807, 2.05) is 48.5 Å². The molecule has 2 aliphatic rings. The van der Waals surface area contributed by atoms with E-state index in [4.69, 9.17) is 4.42 Å². The molecule has 0 amide bonds. The number of para-hydroxylation sites is 2. The maximum Gasteiger partial charge on any atom is 0.297 e. The fraction of sp³-hybridized carbons (Fsp3) is 0.0833. The van der Waals surface area contributed by atoms with Gasteiger partial charge in [0.05, 0.1) is 22.4 Å². The van der Waals surface area contributed by atoms with Crippen LogP contribution in [0.2, 0.25) is 0 Å². The van der Waals surface area contributed by atoms with Crippen LogP contribution in [0.15, 0.2) is 156 Å². The lowest BCUT2D eigenvalue weighted by Crippen LogP contribution is -2.61. The average molecular weight is 718 g/mol. The first kappa shape index (κ1) is 31.9. The van der Waals surface area contributed by atoms with Crippen LogP contribution in [0.25, 0.3) is 38.5 Å². The Balaban J connectivity index is 1.29. The first-order chi connectivity index (χ1) is 26.7. The van der Waals surface area contributed by atoms with E-state index < -0.39 is 0 Å². The van der Waals surface area contributed by atoms with E-state index in [0.29, 0.717) is 0 Å². The standard InChI is InChI=1S/C48H34BF2N3O/c1-48(2,3)29-16-25-39-36(26-29)37-27-38-43(28-42(37)52(39)32-10-5-4-6-11-32)53(33-21-17-30(50)18-22-33)40-13-9-14-41-45(40)49(38)47-46(35-12-7-8-15-44(35)55-47)54(41)34-23-19-31(51)20-24-34/h4-28H,1-3H3. The minimum Gasteiger partial charge on any atom is -0.468 e. The van der Waals surface area contributed by atoms with E-state index in [1.54, 1.807) is 0 Å². The summed E-state index contributed by atoms with van der Waals surface area (Å²) in [5.41, 5.74) is 13.8. The van der Waals surface area contributed by atoms with Crippen LogP contribution in [0.4, 0.5) is 42.9 Å². The summed E-state index contributed by atoms with van der Waals surface area (Å²) in [4.78, 5) is 4.47. The first-order valence-corrected chi connectivity index (χ1v) is 18.7. The first-order valence-electron chi connectivity index (χ1n) is 18.7. The number of nitrogens with zero attached hydrogens (tertiary/aromatic N) is 3. The van der Waals surface area contributed by atoms with Crippen LogP contribution in [0, 0.1) is 11.6 Å². The normalized spacial score (nSPS) is 13.4. The molecule has 0 spiro atoms. The maximum absolute atomic E-state index is 14.6. The van der Waals surface area contributed by atoms with Crippen LogP contribution >= 0.6 is 0 Å². The lowest BCUT2D eigenvalue weighted by Gasteiger charge is -2.42. The van der Waals surface area contributed by atoms with Crippen molar-refractivity contribution in [2.45, 2.75) is 26.2 Å². The third-order valence-electron chi connectivity index (χ3n) is 11.4. The predicted molar refractivity (Wildman–Crippen MR) is 223 cm³/mol. The molecule has 0 atom stereocenters. The molecule has 4 heterocycles. The monoisotopic (exact) mass is 717 g/mol. The van der Waals surface area contributed by atoms with E-state index in [2.05, 4.69) is 114 Å². The minimum atomic E-state index is -0.296. The van der Waals surface area contributed by atoms with Crippen LogP contribution in [-0.4, -0.2) is 11.3 Å². The van der Waals surface area contributed by atoms with Gasteiger partial charge >= 0.3 is 0 Å². The van der Waals surface area contributed by atoms with Gasteiger partial charge in [-0.15, -0.1) is 0 Å². The van der Waals surface area contributed by atoms with Crippen molar-refractivity contribution in [1.82, 2.24) is 4.57 Å². The molecule has 0 bridgehead atoms. The molecule has 55 heavy (non-hydrogen) atoms. The number of benzene rings is 7. The molecule has 2 aliphatic heterocycles. The number of hydrogen-bond acceptors (Lipinski definition) is 3. The van der Waals surface area contributed by atoms with Crippen LogP contribution in [0.3, 0.4) is 0 Å². The van der Waals surface area contributed by atoms with Gasteiger partial charge in [0, 0.05) is 50.3 Å². The molecule has 7 heteroatoms. The summed E-state index contributed by atoms with van der Waals surface area (Å²) >= 11 is 0. The molecule has 0 aliphatic carbocycles. The smallest absolute Gasteiger partial charge is 0.297 e. The van der Waals surface area contributed by atoms with Gasteiger partial charge < -0.3 is 18.8 Å². The van der Waals surface area contributed by atoms with Gasteiger partial charge in [-0.2, -0.15) is 0 Å². The van der Waals surface area contributed by atoms with Gasteiger partial charge in [0.25, 0.3) is 6.71 Å². The number of hydrogen-bond donors (Lipinski definition) is 0. The molecule has 4 nitrogen and oxygen atoms in total. The second kappa shape index (κ2) is 11.5. The quantitative estimate of drug-likeness (QED) is 0.170. The molecule has 0 saturated heterocycles. The molecule has 0 radical (unpaired) electrons. The van der Waals surface area contributed by atoms with Crippen molar-refractivity contribution in [2.24, 2.45) is 0 Å². The van der Waals surface area contributed by atoms with Gasteiger partial charge in [-0.3, -0.25) is 0 Å². The van der Waals surface area contributed by atoms with Crippen molar-refractivity contribution in [3.05, 3.63) is 169 Å². The van der Waals surface area contributed by atoms with Crippen LogP contribution in [-0.2, 0) is 5.41 Å². The lowest BCUT2D eigenvalue weighted by molar-refractivity contribution is 0.591. The Morgan fingerprint density at radius 2 is 1.16 bits per heavy atom. The average Bonchev–Trinajstić information content (AvgIpc) is 3.73. The summed E-state index contributed by atoms with van der Waals surface area (Å²) in [5.74, 6) is -0.589. The topological polar surface area (TPSA) is 24.6 Å². The Hall–Kier alpha value is -6.60. The fourth-order valence-corrected chi connectivity index (χ4v) is 8.93. The Morgan fingerprint density at radius 3 is 1.87 bits per heavy atom. The second-order valence-electron chi connectivity index (χ2n) is 15.7. The van der Waals surface area contributed by atoms with Gasteiger partial charge in [-0.05, 0) is 125 Å². The zero-order chi connectivity index (χ0) is 37.2. The molecular weight excluding hydrogens is 683 g/mol. The lowest BCUT2D eigenvalue weighted by atomic mass is 9.35. The van der Waals surface area contributed by atoms with E-state index in [0.717, 1.165) is 83.8 Å². The largest absolute Gasteiger partial charge is 0.468 e. The van der Waals surface area contributed by atoms with E-state index in [-0.39, 0.29) is 23.8 Å². The highest BCUT2D eigenvalue weighted by atomic mass is 19.1. The number of fused-ring (bicyclic) bond motifs is 9. The second-order valence-corrected chi connectivity index (χ2v) is 15.7. The van der Waals surface area contributed by atoms with Crippen LogP contribution in [0.5, 0.6) is 0 Å². The van der Waals surface area contributed by atoms with Crippen molar-refractivity contribution in [3.63, 3.8) is 0 Å². The Morgan fingerprint density at radius 1 is 0.527 bits per heavy atom. The number of aromatic nitrogens is 1. The molecule has 264 valence electrons. The summed E-state index contributed by atoms with van der Waals surface area (Å²) in [6.45, 7) is 6.48. The number of rotatable bonds is 3. The molecule has 9 aromatic rings. The molecular formula is C48H34BF2N3O. The summed E-state index contributed by atoms with van der Waals surface area (Å²) in [6, 6.07) is 49.9. The van der Waals surface area contributed by atoms with Crippen molar-refractivity contribution >= 4 is 90.2 Å². The zero-order valence-corrected chi connectivity index (χ0v) is 30.5. The summed E-state index contributed by atoms with van der Waals surface area (Å²) in [5, 5.41) is 3.30. The van der Waals surface area contributed by atoms with E-state index in [9.17, 15) is 8.78 Å². The summed E-state index contributed by atoms with van der Waals surface area (Å²) < 4.78 is 38.3. The van der Waals surface area contributed by atoms with Crippen molar-refractivity contribution in [3.8, 4) is 5.69 Å². The molecule has 11 rings (SSSR count). The minimum absolute atomic E-state index is 0.0485. The Kier molecular flexibility index (Phi) is 6.64. The molecule has 0 saturated carbocycles. The molecule has 0 fully saturated rings.